The number of nitrogens with one attached hydrogen (secondary N) is 1. The van der Waals surface area contributed by atoms with Gasteiger partial charge in [0.15, 0.2) is 16.8 Å². The average Bonchev–Trinajstić information content (AvgIpc) is 3.15. The van der Waals surface area contributed by atoms with Crippen LogP contribution in [0.4, 0.5) is 5.69 Å². The van der Waals surface area contributed by atoms with Gasteiger partial charge in [-0.05, 0) is 55.5 Å². The normalized spacial score (nSPS) is 11.0. The summed E-state index contributed by atoms with van der Waals surface area (Å²) in [4.78, 5) is 24.4. The Kier molecular flexibility index (Phi) is 7.29. The fourth-order valence-electron chi connectivity index (χ4n) is 2.73. The van der Waals surface area contributed by atoms with E-state index in [9.17, 15) is 9.59 Å². The van der Waals surface area contributed by atoms with Gasteiger partial charge in [-0.25, -0.2) is 0 Å². The van der Waals surface area contributed by atoms with Gasteiger partial charge >= 0.3 is 0 Å². The highest BCUT2D eigenvalue weighted by atomic mass is 35.5. The van der Waals surface area contributed by atoms with Crippen molar-refractivity contribution in [3.8, 4) is 11.4 Å². The Labute approximate surface area is 185 Å². The molecule has 0 atom stereocenters. The molecule has 0 bridgehead atoms. The molecule has 0 spiro atoms. The Balaban J connectivity index is 1.66. The van der Waals surface area contributed by atoms with Crippen molar-refractivity contribution in [2.45, 2.75) is 32.5 Å². The largest absolute Gasteiger partial charge is 0.326 e. The summed E-state index contributed by atoms with van der Waals surface area (Å²) in [7, 11) is 0. The second kappa shape index (κ2) is 9.91. The monoisotopic (exact) mass is 442 g/mol. The summed E-state index contributed by atoms with van der Waals surface area (Å²) in [6.07, 6.45) is 0. The summed E-state index contributed by atoms with van der Waals surface area (Å²) < 4.78 is 1.98. The number of thioether (sulfide) groups is 1. The number of amides is 1. The molecule has 0 aliphatic rings. The molecule has 0 radical (unpaired) electrons. The highest BCUT2D eigenvalue weighted by Gasteiger charge is 2.15. The zero-order valence-corrected chi connectivity index (χ0v) is 18.6. The molecule has 8 heteroatoms. The average molecular weight is 443 g/mol. The van der Waals surface area contributed by atoms with Crippen molar-refractivity contribution >= 4 is 40.7 Å². The molecule has 0 aliphatic heterocycles. The zero-order chi connectivity index (χ0) is 21.7. The van der Waals surface area contributed by atoms with E-state index in [4.69, 9.17) is 11.6 Å². The fraction of sp³-hybridized carbons (Fsp3) is 0.273. The number of anilines is 1. The van der Waals surface area contributed by atoms with Crippen LogP contribution in [0.2, 0.25) is 5.02 Å². The van der Waals surface area contributed by atoms with Crippen LogP contribution in [0, 0.1) is 5.92 Å². The van der Waals surface area contributed by atoms with Gasteiger partial charge in [-0.15, -0.1) is 10.2 Å². The smallest absolute Gasteiger partial charge is 0.226 e. The van der Waals surface area contributed by atoms with Crippen molar-refractivity contribution in [3.05, 3.63) is 59.1 Å². The fourth-order valence-corrected chi connectivity index (χ4v) is 3.76. The molecule has 0 fully saturated rings. The third-order valence-electron chi connectivity index (χ3n) is 4.47. The van der Waals surface area contributed by atoms with E-state index in [2.05, 4.69) is 15.5 Å². The first-order chi connectivity index (χ1) is 14.4. The summed E-state index contributed by atoms with van der Waals surface area (Å²) >= 11 is 7.32. The maximum atomic E-state index is 12.6. The first kappa shape index (κ1) is 22.1. The summed E-state index contributed by atoms with van der Waals surface area (Å²) in [6.45, 7) is 6.36. The number of rotatable bonds is 8. The number of halogens is 1. The molecule has 0 aliphatic carbocycles. The van der Waals surface area contributed by atoms with E-state index in [0.29, 0.717) is 28.0 Å². The maximum Gasteiger partial charge on any atom is 0.226 e. The summed E-state index contributed by atoms with van der Waals surface area (Å²) in [6, 6.07) is 14.4. The Hall–Kier alpha value is -2.64. The Morgan fingerprint density at radius 3 is 2.33 bits per heavy atom. The number of carbonyl (C=O) groups excluding carboxylic acids is 2. The van der Waals surface area contributed by atoms with Crippen LogP contribution >= 0.6 is 23.4 Å². The van der Waals surface area contributed by atoms with Gasteiger partial charge in [0.1, 0.15) is 0 Å². The number of Topliss-reactive ketones (excluding diaryl/α,β-unsaturated/α-hetero) is 1. The molecule has 0 unspecified atom stereocenters. The predicted molar refractivity (Wildman–Crippen MR) is 121 cm³/mol. The molecule has 1 heterocycles. The standard InChI is InChI=1S/C22H23ClN4O2S/c1-4-27-20(16-5-9-17(23)10-6-16)25-26-22(27)30-13-19(28)15-7-11-18(12-8-15)24-21(29)14(2)3/h5-12,14H,4,13H2,1-3H3,(H,24,29). The molecule has 1 N–H and O–H groups in total. The molecule has 1 amide bonds. The van der Waals surface area contributed by atoms with Gasteiger partial charge in [-0.3, -0.25) is 9.59 Å². The van der Waals surface area contributed by atoms with Gasteiger partial charge < -0.3 is 9.88 Å². The third-order valence-corrected chi connectivity index (χ3v) is 5.69. The lowest BCUT2D eigenvalue weighted by Crippen LogP contribution is -2.17. The number of carbonyl (C=O) groups is 2. The Morgan fingerprint density at radius 1 is 1.07 bits per heavy atom. The minimum atomic E-state index is -0.101. The van der Waals surface area contributed by atoms with E-state index in [-0.39, 0.29) is 23.4 Å². The van der Waals surface area contributed by atoms with Gasteiger partial charge in [0, 0.05) is 34.3 Å². The van der Waals surface area contributed by atoms with Crippen LogP contribution < -0.4 is 5.32 Å². The van der Waals surface area contributed by atoms with Crippen LogP contribution in [0.1, 0.15) is 31.1 Å². The van der Waals surface area contributed by atoms with Crippen LogP contribution in [0.25, 0.3) is 11.4 Å². The molecule has 3 aromatic rings. The number of hydrogen-bond donors (Lipinski definition) is 1. The number of nitrogens with zero attached hydrogens (tertiary/aromatic N) is 3. The number of hydrogen-bond acceptors (Lipinski definition) is 5. The third kappa shape index (κ3) is 5.29. The zero-order valence-electron chi connectivity index (χ0n) is 17.1. The Morgan fingerprint density at radius 2 is 1.73 bits per heavy atom. The van der Waals surface area contributed by atoms with E-state index >= 15 is 0 Å². The molecule has 156 valence electrons. The van der Waals surface area contributed by atoms with E-state index in [1.807, 2.05) is 49.6 Å². The lowest BCUT2D eigenvalue weighted by molar-refractivity contribution is -0.118. The molecule has 0 saturated carbocycles. The lowest BCUT2D eigenvalue weighted by atomic mass is 10.1. The first-order valence-corrected chi connectivity index (χ1v) is 11.0. The van der Waals surface area contributed by atoms with Crippen LogP contribution in [-0.2, 0) is 11.3 Å². The second-order valence-electron chi connectivity index (χ2n) is 6.99. The number of ketones is 1. The van der Waals surface area contributed by atoms with Crippen LogP contribution in [0.3, 0.4) is 0 Å². The van der Waals surface area contributed by atoms with Crippen LogP contribution in [0.15, 0.2) is 53.7 Å². The minimum Gasteiger partial charge on any atom is -0.326 e. The summed E-state index contributed by atoms with van der Waals surface area (Å²) in [5.41, 5.74) is 2.19. The SMILES string of the molecule is CCn1c(SCC(=O)c2ccc(NC(=O)C(C)C)cc2)nnc1-c1ccc(Cl)cc1. The second-order valence-corrected chi connectivity index (χ2v) is 8.37. The molecule has 3 rings (SSSR count). The lowest BCUT2D eigenvalue weighted by Gasteiger charge is -2.09. The van der Waals surface area contributed by atoms with Gasteiger partial charge in [-0.1, -0.05) is 37.2 Å². The predicted octanol–water partition coefficient (Wildman–Crippen LogP) is 5.19. The Bertz CT molecular complexity index is 1030. The van der Waals surface area contributed by atoms with E-state index < -0.39 is 0 Å². The molecule has 1 aromatic heterocycles. The molecule has 6 nitrogen and oxygen atoms in total. The van der Waals surface area contributed by atoms with Gasteiger partial charge in [0.2, 0.25) is 5.91 Å². The highest BCUT2D eigenvalue weighted by Crippen LogP contribution is 2.25. The molecular weight excluding hydrogens is 420 g/mol. The molecule has 0 saturated heterocycles. The minimum absolute atomic E-state index is 0.0135. The number of aromatic nitrogens is 3. The highest BCUT2D eigenvalue weighted by molar-refractivity contribution is 7.99. The summed E-state index contributed by atoms with van der Waals surface area (Å²) in [5, 5.41) is 12.7. The van der Waals surface area contributed by atoms with Crippen molar-refractivity contribution in [1.82, 2.24) is 14.8 Å². The van der Waals surface area contributed by atoms with Gasteiger partial charge in [0.05, 0.1) is 5.75 Å². The van der Waals surface area contributed by atoms with E-state index in [1.54, 1.807) is 24.3 Å². The van der Waals surface area contributed by atoms with E-state index in [0.717, 1.165) is 11.4 Å². The van der Waals surface area contributed by atoms with Crippen molar-refractivity contribution < 1.29 is 9.59 Å². The summed E-state index contributed by atoms with van der Waals surface area (Å²) in [5.74, 6) is 0.822. The van der Waals surface area contributed by atoms with Crippen molar-refractivity contribution in [2.24, 2.45) is 5.92 Å². The van der Waals surface area contributed by atoms with E-state index in [1.165, 1.54) is 11.8 Å². The van der Waals surface area contributed by atoms with Crippen LogP contribution in [0.5, 0.6) is 0 Å². The first-order valence-electron chi connectivity index (χ1n) is 9.65. The van der Waals surface area contributed by atoms with Crippen molar-refractivity contribution in [2.75, 3.05) is 11.1 Å². The van der Waals surface area contributed by atoms with Gasteiger partial charge in [-0.2, -0.15) is 0 Å². The molecule has 30 heavy (non-hydrogen) atoms. The van der Waals surface area contributed by atoms with Crippen molar-refractivity contribution in [3.63, 3.8) is 0 Å². The van der Waals surface area contributed by atoms with Crippen LogP contribution in [-0.4, -0.2) is 32.2 Å². The molecule has 2 aromatic carbocycles. The topological polar surface area (TPSA) is 76.9 Å². The maximum absolute atomic E-state index is 12.6. The molecular formula is C22H23ClN4O2S. The number of benzene rings is 2. The van der Waals surface area contributed by atoms with Gasteiger partial charge in [0.25, 0.3) is 0 Å². The quantitative estimate of drug-likeness (QED) is 0.383. The van der Waals surface area contributed by atoms with Crippen molar-refractivity contribution in [1.29, 1.82) is 0 Å².